The molecule has 0 unspecified atom stereocenters. The number of nitrogens with one attached hydrogen (secondary N) is 2. The van der Waals surface area contributed by atoms with Gasteiger partial charge in [0.1, 0.15) is 0 Å². The predicted molar refractivity (Wildman–Crippen MR) is 47.8 cm³/mol. The summed E-state index contributed by atoms with van der Waals surface area (Å²) in [6.45, 7) is -0.604. The summed E-state index contributed by atoms with van der Waals surface area (Å²) in [6.07, 6.45) is 2.96. The number of hydrogen-bond donors (Lipinski definition) is 4. The van der Waals surface area contributed by atoms with Crippen LogP contribution in [0.4, 0.5) is 4.79 Å². The van der Waals surface area contributed by atoms with E-state index < -0.39 is 24.6 Å². The largest absolute Gasteiger partial charge is 0.480 e. The van der Waals surface area contributed by atoms with E-state index in [4.69, 9.17) is 10.2 Å². The van der Waals surface area contributed by atoms with Crippen LogP contribution in [0.1, 0.15) is 19.3 Å². The average Bonchev–Trinajstić information content (AvgIpc) is 2.07. The number of rotatable bonds is 4. The van der Waals surface area contributed by atoms with Gasteiger partial charge < -0.3 is 20.8 Å². The third kappa shape index (κ3) is 2.88. The summed E-state index contributed by atoms with van der Waals surface area (Å²) >= 11 is 0. The topological polar surface area (TPSA) is 98.7 Å². The van der Waals surface area contributed by atoms with Crippen LogP contribution in [-0.2, 0) is 4.79 Å². The molecule has 1 fully saturated rings. The van der Waals surface area contributed by atoms with E-state index in [0.29, 0.717) is 0 Å². The molecular formula is C8H14N2O4. The van der Waals surface area contributed by atoms with Gasteiger partial charge in [0.25, 0.3) is 0 Å². The van der Waals surface area contributed by atoms with E-state index in [9.17, 15) is 9.59 Å². The van der Waals surface area contributed by atoms with Crippen molar-refractivity contribution in [3.05, 3.63) is 0 Å². The Morgan fingerprint density at radius 3 is 2.43 bits per heavy atom. The first kappa shape index (κ1) is 10.8. The second-order valence-electron chi connectivity index (χ2n) is 3.32. The summed E-state index contributed by atoms with van der Waals surface area (Å²) < 4.78 is 0. The molecule has 1 aliphatic carbocycles. The first-order chi connectivity index (χ1) is 6.63. The number of carboxylic acid groups (broad SMARTS) is 1. The zero-order valence-corrected chi connectivity index (χ0v) is 7.69. The molecule has 6 nitrogen and oxygen atoms in total. The van der Waals surface area contributed by atoms with Crippen molar-refractivity contribution in [1.29, 1.82) is 0 Å². The van der Waals surface area contributed by atoms with Crippen molar-refractivity contribution in [2.75, 3.05) is 6.61 Å². The quantitative estimate of drug-likeness (QED) is 0.483. The van der Waals surface area contributed by atoms with Crippen molar-refractivity contribution >= 4 is 12.0 Å². The lowest BCUT2D eigenvalue weighted by Gasteiger charge is -2.27. The van der Waals surface area contributed by atoms with Gasteiger partial charge in [0.2, 0.25) is 0 Å². The Balaban J connectivity index is 2.26. The third-order valence-corrected chi connectivity index (χ3v) is 2.23. The number of aliphatic hydroxyl groups excluding tert-OH is 1. The van der Waals surface area contributed by atoms with Crippen molar-refractivity contribution in [2.45, 2.75) is 31.3 Å². The molecule has 0 bridgehead atoms. The molecule has 0 aromatic carbocycles. The highest BCUT2D eigenvalue weighted by Crippen LogP contribution is 2.17. The second kappa shape index (κ2) is 4.80. The predicted octanol–water partition coefficient (Wildman–Crippen LogP) is -0.716. The fourth-order valence-electron chi connectivity index (χ4n) is 1.12. The summed E-state index contributed by atoms with van der Waals surface area (Å²) in [5, 5.41) is 21.9. The van der Waals surface area contributed by atoms with E-state index in [-0.39, 0.29) is 6.04 Å². The van der Waals surface area contributed by atoms with Crippen LogP contribution in [0.25, 0.3) is 0 Å². The number of aliphatic carboxylic acids is 1. The van der Waals surface area contributed by atoms with Crippen LogP contribution in [0.3, 0.4) is 0 Å². The van der Waals surface area contributed by atoms with Gasteiger partial charge in [-0.25, -0.2) is 9.59 Å². The van der Waals surface area contributed by atoms with Gasteiger partial charge in [0, 0.05) is 6.04 Å². The van der Waals surface area contributed by atoms with Crippen LogP contribution in [0, 0.1) is 0 Å². The van der Waals surface area contributed by atoms with Gasteiger partial charge in [-0.3, -0.25) is 0 Å². The Morgan fingerprint density at radius 2 is 2.07 bits per heavy atom. The van der Waals surface area contributed by atoms with Gasteiger partial charge in [0.05, 0.1) is 6.61 Å². The summed E-state index contributed by atoms with van der Waals surface area (Å²) in [5.41, 5.74) is 0. The highest BCUT2D eigenvalue weighted by Gasteiger charge is 2.23. The Labute approximate surface area is 81.3 Å². The number of urea groups is 1. The minimum atomic E-state index is -1.24. The first-order valence-electron chi connectivity index (χ1n) is 4.54. The maximum Gasteiger partial charge on any atom is 0.328 e. The molecule has 1 atom stereocenters. The lowest BCUT2D eigenvalue weighted by Crippen LogP contribution is -2.51. The maximum absolute atomic E-state index is 11.1. The molecule has 2 amide bonds. The number of carbonyl (C=O) groups excluding carboxylic acids is 1. The molecule has 4 N–H and O–H groups in total. The molecule has 14 heavy (non-hydrogen) atoms. The van der Waals surface area contributed by atoms with E-state index >= 15 is 0 Å². The van der Waals surface area contributed by atoms with Crippen molar-refractivity contribution in [3.8, 4) is 0 Å². The Bertz CT molecular complexity index is 227. The fourth-order valence-corrected chi connectivity index (χ4v) is 1.12. The number of carbonyl (C=O) groups is 2. The number of carboxylic acids is 1. The standard InChI is InChI=1S/C8H14N2O4/c11-4-6(7(12)13)10-8(14)9-5-2-1-3-5/h5-6,11H,1-4H2,(H,12,13)(H2,9,10,14)/t6-/m0/s1. The van der Waals surface area contributed by atoms with E-state index in [2.05, 4.69) is 10.6 Å². The third-order valence-electron chi connectivity index (χ3n) is 2.23. The van der Waals surface area contributed by atoms with Gasteiger partial charge in [-0.1, -0.05) is 0 Å². The van der Waals surface area contributed by atoms with Gasteiger partial charge in [0.15, 0.2) is 6.04 Å². The molecular weight excluding hydrogens is 188 g/mol. The molecule has 0 aromatic heterocycles. The maximum atomic E-state index is 11.1. The van der Waals surface area contributed by atoms with Gasteiger partial charge in [-0.05, 0) is 19.3 Å². The van der Waals surface area contributed by atoms with Crippen LogP contribution in [0.15, 0.2) is 0 Å². The Hall–Kier alpha value is -1.30. The first-order valence-corrected chi connectivity index (χ1v) is 4.54. The summed E-state index contributed by atoms with van der Waals surface area (Å²) in [7, 11) is 0. The fraction of sp³-hybridized carbons (Fsp3) is 0.750. The average molecular weight is 202 g/mol. The molecule has 6 heteroatoms. The Kier molecular flexibility index (Phi) is 3.70. The number of amides is 2. The zero-order valence-electron chi connectivity index (χ0n) is 7.69. The highest BCUT2D eigenvalue weighted by atomic mass is 16.4. The smallest absolute Gasteiger partial charge is 0.328 e. The molecule has 80 valence electrons. The molecule has 1 rings (SSSR count). The number of aliphatic hydroxyl groups is 1. The van der Waals surface area contributed by atoms with Crippen LogP contribution < -0.4 is 10.6 Å². The van der Waals surface area contributed by atoms with E-state index in [1.54, 1.807) is 0 Å². The number of hydrogen-bond acceptors (Lipinski definition) is 3. The molecule has 0 heterocycles. The molecule has 0 spiro atoms. The van der Waals surface area contributed by atoms with Crippen LogP contribution in [0.2, 0.25) is 0 Å². The minimum absolute atomic E-state index is 0.156. The molecule has 0 aromatic rings. The van der Waals surface area contributed by atoms with Gasteiger partial charge in [-0.15, -0.1) is 0 Å². The van der Waals surface area contributed by atoms with Crippen molar-refractivity contribution in [3.63, 3.8) is 0 Å². The Morgan fingerprint density at radius 1 is 1.43 bits per heavy atom. The zero-order chi connectivity index (χ0) is 10.6. The molecule has 0 saturated heterocycles. The van der Waals surface area contributed by atoms with E-state index in [0.717, 1.165) is 19.3 Å². The van der Waals surface area contributed by atoms with Crippen LogP contribution in [0.5, 0.6) is 0 Å². The second-order valence-corrected chi connectivity index (χ2v) is 3.32. The molecule has 0 aliphatic heterocycles. The van der Waals surface area contributed by atoms with Gasteiger partial charge in [-0.2, -0.15) is 0 Å². The molecule has 1 aliphatic rings. The van der Waals surface area contributed by atoms with E-state index in [1.165, 1.54) is 0 Å². The monoisotopic (exact) mass is 202 g/mol. The lowest BCUT2D eigenvalue weighted by atomic mass is 9.93. The van der Waals surface area contributed by atoms with E-state index in [1.807, 2.05) is 0 Å². The lowest BCUT2D eigenvalue weighted by molar-refractivity contribution is -0.140. The van der Waals surface area contributed by atoms with Crippen LogP contribution >= 0.6 is 0 Å². The van der Waals surface area contributed by atoms with Crippen molar-refractivity contribution < 1.29 is 19.8 Å². The normalized spacial score (nSPS) is 18.1. The SMILES string of the molecule is O=C(NC1CCC1)N[C@@H](CO)C(=O)O. The molecule has 0 radical (unpaired) electrons. The summed E-state index contributed by atoms with van der Waals surface area (Å²) in [5.74, 6) is -1.24. The summed E-state index contributed by atoms with van der Waals surface area (Å²) in [4.78, 5) is 21.6. The highest BCUT2D eigenvalue weighted by molar-refractivity contribution is 5.82. The molecule has 1 saturated carbocycles. The van der Waals surface area contributed by atoms with Crippen molar-refractivity contribution in [1.82, 2.24) is 10.6 Å². The van der Waals surface area contributed by atoms with Gasteiger partial charge >= 0.3 is 12.0 Å². The summed E-state index contributed by atoms with van der Waals surface area (Å²) in [6, 6.07) is -1.60. The van der Waals surface area contributed by atoms with Crippen LogP contribution in [-0.4, -0.2) is 40.9 Å². The minimum Gasteiger partial charge on any atom is -0.480 e. The van der Waals surface area contributed by atoms with Crippen molar-refractivity contribution in [2.24, 2.45) is 0 Å².